The normalized spacial score (nSPS) is 14.7. The number of nitrogens with zero attached hydrogens (tertiary/aromatic N) is 5. The Morgan fingerprint density at radius 3 is 2.75 bits per heavy atom. The number of carbonyl (C=O) groups excluding carboxylic acids is 1. The van der Waals surface area contributed by atoms with Gasteiger partial charge in [0.1, 0.15) is 4.88 Å². The Kier molecular flexibility index (Phi) is 5.13. The average molecular weight is 478 g/mol. The van der Waals surface area contributed by atoms with Crippen LogP contribution in [0.25, 0.3) is 10.1 Å². The number of pyridine rings is 1. The van der Waals surface area contributed by atoms with Crippen LogP contribution in [0.4, 0.5) is 13.2 Å². The maximum atomic E-state index is 13.0. The summed E-state index contributed by atoms with van der Waals surface area (Å²) in [7, 11) is 0. The fourth-order valence-corrected chi connectivity index (χ4v) is 5.11. The highest BCUT2D eigenvalue weighted by molar-refractivity contribution is 7.21. The summed E-state index contributed by atoms with van der Waals surface area (Å²) in [6, 6.07) is 8.96. The Hall–Kier alpha value is -2.98. The van der Waals surface area contributed by atoms with E-state index >= 15 is 0 Å². The number of carbonyl (C=O) groups is 1. The number of amides is 1. The van der Waals surface area contributed by atoms with Gasteiger partial charge in [0.2, 0.25) is 0 Å². The molecule has 0 radical (unpaired) electrons. The molecule has 6 nitrogen and oxygen atoms in total. The van der Waals surface area contributed by atoms with Gasteiger partial charge in [-0.2, -0.15) is 13.2 Å². The number of hydrogen-bond acceptors (Lipinski definition) is 5. The van der Waals surface area contributed by atoms with Crippen LogP contribution in [0, 0.1) is 0 Å². The molecule has 1 amide bonds. The number of halogens is 4. The number of fused-ring (bicyclic) bond motifs is 1. The van der Waals surface area contributed by atoms with Crippen LogP contribution in [0.5, 0.6) is 0 Å². The molecule has 0 unspecified atom stereocenters. The average Bonchev–Trinajstić information content (AvgIpc) is 3.31. The van der Waals surface area contributed by atoms with Crippen molar-refractivity contribution in [3.63, 3.8) is 0 Å². The zero-order valence-electron chi connectivity index (χ0n) is 16.4. The van der Waals surface area contributed by atoms with Crippen LogP contribution in [-0.2, 0) is 12.7 Å². The van der Waals surface area contributed by atoms with Crippen LogP contribution < -0.4 is 0 Å². The summed E-state index contributed by atoms with van der Waals surface area (Å²) < 4.78 is 41.0. The van der Waals surface area contributed by atoms with E-state index in [0.717, 1.165) is 34.9 Å². The monoisotopic (exact) mass is 477 g/mol. The van der Waals surface area contributed by atoms with Crippen molar-refractivity contribution in [2.45, 2.75) is 18.6 Å². The van der Waals surface area contributed by atoms with E-state index in [0.29, 0.717) is 29.7 Å². The fraction of sp³-hybridized carbons (Fsp3) is 0.238. The molecular formula is C21H15ClF3N5OS. The van der Waals surface area contributed by atoms with Gasteiger partial charge in [0.15, 0.2) is 0 Å². The van der Waals surface area contributed by atoms with Crippen molar-refractivity contribution in [2.75, 3.05) is 13.1 Å². The molecule has 4 heterocycles. The minimum absolute atomic E-state index is 0.0430. The lowest BCUT2D eigenvalue weighted by Crippen LogP contribution is -2.48. The summed E-state index contributed by atoms with van der Waals surface area (Å²) in [4.78, 5) is 19.0. The highest BCUT2D eigenvalue weighted by Crippen LogP contribution is 2.40. The van der Waals surface area contributed by atoms with E-state index in [1.807, 2.05) is 24.4 Å². The molecule has 11 heteroatoms. The Morgan fingerprint density at radius 2 is 2.03 bits per heavy atom. The van der Waals surface area contributed by atoms with Gasteiger partial charge in [0, 0.05) is 41.5 Å². The van der Waals surface area contributed by atoms with E-state index in [9.17, 15) is 18.0 Å². The van der Waals surface area contributed by atoms with Gasteiger partial charge in [-0.25, -0.2) is 4.68 Å². The van der Waals surface area contributed by atoms with Crippen LogP contribution in [0.15, 0.2) is 48.8 Å². The molecule has 164 valence electrons. The number of benzene rings is 1. The van der Waals surface area contributed by atoms with Crippen molar-refractivity contribution in [3.8, 4) is 0 Å². The molecule has 0 atom stereocenters. The first-order valence-corrected chi connectivity index (χ1v) is 10.9. The summed E-state index contributed by atoms with van der Waals surface area (Å²) >= 11 is 7.31. The smallest absolute Gasteiger partial charge is 0.336 e. The predicted molar refractivity (Wildman–Crippen MR) is 114 cm³/mol. The van der Waals surface area contributed by atoms with Gasteiger partial charge in [-0.3, -0.25) is 9.78 Å². The van der Waals surface area contributed by atoms with Crippen molar-refractivity contribution in [3.05, 3.63) is 75.6 Å². The van der Waals surface area contributed by atoms with E-state index in [4.69, 9.17) is 11.6 Å². The zero-order valence-corrected chi connectivity index (χ0v) is 18.0. The molecule has 0 aliphatic carbocycles. The van der Waals surface area contributed by atoms with E-state index in [-0.39, 0.29) is 21.7 Å². The molecule has 1 aliphatic heterocycles. The topological polar surface area (TPSA) is 63.9 Å². The minimum atomic E-state index is -4.45. The van der Waals surface area contributed by atoms with Crippen molar-refractivity contribution >= 4 is 38.9 Å². The summed E-state index contributed by atoms with van der Waals surface area (Å²) in [5.41, 5.74) is 0.879. The van der Waals surface area contributed by atoms with Crippen LogP contribution >= 0.6 is 22.9 Å². The van der Waals surface area contributed by atoms with Crippen molar-refractivity contribution in [1.82, 2.24) is 24.9 Å². The summed E-state index contributed by atoms with van der Waals surface area (Å²) in [5, 5.41) is 8.96. The van der Waals surface area contributed by atoms with Crippen molar-refractivity contribution in [2.24, 2.45) is 0 Å². The van der Waals surface area contributed by atoms with Gasteiger partial charge in [0.25, 0.3) is 5.91 Å². The lowest BCUT2D eigenvalue weighted by molar-refractivity contribution is -0.137. The number of rotatable bonds is 4. The molecule has 1 aliphatic rings. The minimum Gasteiger partial charge on any atom is -0.336 e. The summed E-state index contributed by atoms with van der Waals surface area (Å²) in [6.07, 6.45) is -0.897. The molecule has 3 aromatic heterocycles. The molecule has 5 rings (SSSR count). The Bertz CT molecular complexity index is 1300. The third-order valence-corrected chi connectivity index (χ3v) is 6.99. The Labute approximate surface area is 189 Å². The second kappa shape index (κ2) is 7.86. The molecule has 0 bridgehead atoms. The quantitative estimate of drug-likeness (QED) is 0.421. The number of alkyl halides is 3. The molecule has 32 heavy (non-hydrogen) atoms. The predicted octanol–water partition coefficient (Wildman–Crippen LogP) is 4.85. The molecule has 4 aromatic rings. The first-order valence-electron chi connectivity index (χ1n) is 9.68. The van der Waals surface area contributed by atoms with Gasteiger partial charge in [-0.05, 0) is 24.3 Å². The zero-order chi connectivity index (χ0) is 22.5. The van der Waals surface area contributed by atoms with Gasteiger partial charge < -0.3 is 4.90 Å². The largest absolute Gasteiger partial charge is 0.416 e. The number of hydrogen-bond donors (Lipinski definition) is 0. The number of aromatic nitrogens is 4. The molecule has 0 spiro atoms. The molecule has 0 saturated carbocycles. The lowest BCUT2D eigenvalue weighted by atomic mass is 9.96. The first-order chi connectivity index (χ1) is 15.3. The molecule has 1 fully saturated rings. The van der Waals surface area contributed by atoms with Crippen LogP contribution in [0.1, 0.15) is 32.5 Å². The third kappa shape index (κ3) is 3.84. The SMILES string of the molecule is O=C(c1sc2cc(C(F)(F)F)ccc2c1Cl)N1CC(c2cn(Cc3ccccn3)nn2)C1. The second-order valence-electron chi connectivity index (χ2n) is 7.52. The van der Waals surface area contributed by atoms with Crippen LogP contribution in [-0.4, -0.2) is 43.9 Å². The highest BCUT2D eigenvalue weighted by Gasteiger charge is 2.36. The van der Waals surface area contributed by atoms with Crippen LogP contribution in [0.3, 0.4) is 0 Å². The van der Waals surface area contributed by atoms with Crippen LogP contribution in [0.2, 0.25) is 5.02 Å². The first kappa shape index (κ1) is 20.9. The number of likely N-dealkylation sites (tertiary alicyclic amines) is 1. The number of thiophene rings is 1. The standard InChI is InChI=1S/C21H15ClF3N5OS/c22-18-15-5-4-13(21(23,24)25)7-17(15)32-19(18)20(31)29-8-12(9-29)16-11-30(28-27-16)10-14-3-1-2-6-26-14/h1-7,11-12H,8-10H2. The Morgan fingerprint density at radius 1 is 1.22 bits per heavy atom. The molecule has 1 aromatic carbocycles. The summed E-state index contributed by atoms with van der Waals surface area (Å²) in [5.74, 6) is -0.247. The Balaban J connectivity index is 1.27. The van der Waals surface area contributed by atoms with E-state index in [1.54, 1.807) is 15.8 Å². The van der Waals surface area contributed by atoms with Gasteiger partial charge >= 0.3 is 6.18 Å². The van der Waals surface area contributed by atoms with Gasteiger partial charge in [-0.1, -0.05) is 28.9 Å². The van der Waals surface area contributed by atoms with E-state index in [1.165, 1.54) is 6.07 Å². The molecule has 0 N–H and O–H groups in total. The van der Waals surface area contributed by atoms with Crippen molar-refractivity contribution < 1.29 is 18.0 Å². The van der Waals surface area contributed by atoms with Gasteiger partial charge in [-0.15, -0.1) is 16.4 Å². The molecular weight excluding hydrogens is 463 g/mol. The lowest BCUT2D eigenvalue weighted by Gasteiger charge is -2.37. The summed E-state index contributed by atoms with van der Waals surface area (Å²) in [6.45, 7) is 1.39. The fourth-order valence-electron chi connectivity index (χ4n) is 3.59. The molecule has 1 saturated heterocycles. The van der Waals surface area contributed by atoms with E-state index in [2.05, 4.69) is 15.3 Å². The second-order valence-corrected chi connectivity index (χ2v) is 8.95. The van der Waals surface area contributed by atoms with Crippen molar-refractivity contribution in [1.29, 1.82) is 0 Å². The van der Waals surface area contributed by atoms with Gasteiger partial charge in [0.05, 0.1) is 28.5 Å². The maximum absolute atomic E-state index is 13.0. The van der Waals surface area contributed by atoms with E-state index < -0.39 is 11.7 Å². The highest BCUT2D eigenvalue weighted by atomic mass is 35.5. The third-order valence-electron chi connectivity index (χ3n) is 5.34. The maximum Gasteiger partial charge on any atom is 0.416 e.